The average molecular weight is 328 g/mol. The van der Waals surface area contributed by atoms with E-state index in [-0.39, 0.29) is 11.9 Å². The number of hydrogen-bond acceptors (Lipinski definition) is 4. The summed E-state index contributed by atoms with van der Waals surface area (Å²) in [5, 5.41) is 11.2. The second-order valence-electron chi connectivity index (χ2n) is 7.03. The Hall–Kier alpha value is -2.08. The minimum absolute atomic E-state index is 0.0842. The number of piperidine rings is 2. The second kappa shape index (κ2) is 6.09. The first-order valence-electron chi connectivity index (χ1n) is 8.70. The number of methoxy groups -OCH3 is 1. The van der Waals surface area contributed by atoms with Gasteiger partial charge in [-0.1, -0.05) is 6.42 Å². The number of nitrogens with one attached hydrogen (secondary N) is 2. The van der Waals surface area contributed by atoms with Gasteiger partial charge in [-0.3, -0.25) is 9.89 Å². The van der Waals surface area contributed by atoms with Gasteiger partial charge in [0.25, 0.3) is 5.91 Å². The van der Waals surface area contributed by atoms with Crippen LogP contribution in [0.1, 0.15) is 42.6 Å². The van der Waals surface area contributed by atoms with Gasteiger partial charge in [-0.25, -0.2) is 0 Å². The van der Waals surface area contributed by atoms with Crippen molar-refractivity contribution < 1.29 is 9.53 Å². The lowest BCUT2D eigenvalue weighted by atomic mass is 9.82. The van der Waals surface area contributed by atoms with Crippen LogP contribution in [0.5, 0.6) is 5.75 Å². The van der Waals surface area contributed by atoms with Crippen LogP contribution >= 0.6 is 0 Å². The first-order valence-corrected chi connectivity index (χ1v) is 8.70. The predicted molar refractivity (Wildman–Crippen MR) is 92.3 cm³/mol. The van der Waals surface area contributed by atoms with E-state index >= 15 is 0 Å². The predicted octanol–water partition coefficient (Wildman–Crippen LogP) is 2.32. The molecule has 6 nitrogen and oxygen atoms in total. The van der Waals surface area contributed by atoms with E-state index < -0.39 is 0 Å². The fourth-order valence-electron chi connectivity index (χ4n) is 4.29. The monoisotopic (exact) mass is 328 g/mol. The number of carbonyl (C=O) groups excluding carboxylic acids is 1. The molecule has 2 atom stereocenters. The lowest BCUT2D eigenvalue weighted by Gasteiger charge is -2.47. The zero-order valence-electron chi connectivity index (χ0n) is 14.2. The Balaban J connectivity index is 1.50. The molecule has 2 unspecified atom stereocenters. The van der Waals surface area contributed by atoms with E-state index in [0.29, 0.717) is 17.8 Å². The van der Waals surface area contributed by atoms with Gasteiger partial charge in [0.15, 0.2) is 5.69 Å². The van der Waals surface area contributed by atoms with Crippen molar-refractivity contribution in [1.29, 1.82) is 0 Å². The minimum atomic E-state index is -0.0842. The number of aromatic amines is 1. The Bertz CT molecular complexity index is 743. The number of benzene rings is 1. The summed E-state index contributed by atoms with van der Waals surface area (Å²) in [6.45, 7) is 0. The molecule has 0 spiro atoms. The number of nitrogens with zero attached hydrogens (tertiary/aromatic N) is 2. The molecular weight excluding hydrogens is 304 g/mol. The number of hydrogen-bond donors (Lipinski definition) is 2. The number of amides is 1. The molecule has 2 saturated heterocycles. The van der Waals surface area contributed by atoms with Gasteiger partial charge in [0.1, 0.15) is 5.75 Å². The molecule has 0 saturated carbocycles. The standard InChI is InChI=1S/C18H24N4O2/c1-22-12-4-3-5-13(22)9-11(8-12)19-18(23)17-15-7-6-14(24-2)10-16(15)20-21-17/h6-7,10-13H,3-5,8-9H2,1-2H3,(H,19,23)(H,20,21). The Morgan fingerprint density at radius 2 is 2.08 bits per heavy atom. The van der Waals surface area contributed by atoms with Gasteiger partial charge in [-0.15, -0.1) is 0 Å². The molecule has 128 valence electrons. The molecule has 2 fully saturated rings. The molecule has 24 heavy (non-hydrogen) atoms. The van der Waals surface area contributed by atoms with E-state index in [1.165, 1.54) is 19.3 Å². The van der Waals surface area contributed by atoms with Crippen molar-refractivity contribution in [3.8, 4) is 5.75 Å². The molecule has 0 radical (unpaired) electrons. The third-order valence-electron chi connectivity index (χ3n) is 5.66. The highest BCUT2D eigenvalue weighted by molar-refractivity contribution is 6.05. The molecule has 6 heteroatoms. The van der Waals surface area contributed by atoms with Gasteiger partial charge < -0.3 is 15.0 Å². The Kier molecular flexibility index (Phi) is 3.92. The summed E-state index contributed by atoms with van der Waals surface area (Å²) >= 11 is 0. The van der Waals surface area contributed by atoms with Gasteiger partial charge in [0, 0.05) is 29.6 Å². The summed E-state index contributed by atoms with van der Waals surface area (Å²) in [6, 6.07) is 7.05. The van der Waals surface area contributed by atoms with Crippen molar-refractivity contribution >= 4 is 16.8 Å². The first kappa shape index (κ1) is 15.4. The smallest absolute Gasteiger partial charge is 0.272 e. The number of H-pyrrole nitrogens is 1. The van der Waals surface area contributed by atoms with Gasteiger partial charge in [0.2, 0.25) is 0 Å². The summed E-state index contributed by atoms with van der Waals surface area (Å²) in [4.78, 5) is 15.2. The number of carbonyl (C=O) groups is 1. The van der Waals surface area contributed by atoms with Gasteiger partial charge in [-0.2, -0.15) is 5.10 Å². The minimum Gasteiger partial charge on any atom is -0.497 e. The fraction of sp³-hybridized carbons (Fsp3) is 0.556. The third-order valence-corrected chi connectivity index (χ3v) is 5.66. The van der Waals surface area contributed by atoms with Crippen LogP contribution < -0.4 is 10.1 Å². The Morgan fingerprint density at radius 3 is 2.79 bits per heavy atom. The van der Waals surface area contributed by atoms with E-state index in [1.807, 2.05) is 18.2 Å². The highest BCUT2D eigenvalue weighted by atomic mass is 16.5. The van der Waals surface area contributed by atoms with Crippen LogP contribution in [-0.4, -0.2) is 53.3 Å². The average Bonchev–Trinajstić information content (AvgIpc) is 2.98. The van der Waals surface area contributed by atoms with Gasteiger partial charge in [0.05, 0.1) is 12.6 Å². The van der Waals surface area contributed by atoms with Crippen LogP contribution in [0.2, 0.25) is 0 Å². The molecule has 2 N–H and O–H groups in total. The van der Waals surface area contributed by atoms with Crippen molar-refractivity contribution in [1.82, 2.24) is 20.4 Å². The summed E-state index contributed by atoms with van der Waals surface area (Å²) in [5.74, 6) is 0.667. The molecule has 3 heterocycles. The van der Waals surface area contributed by atoms with Crippen LogP contribution in [0.3, 0.4) is 0 Å². The van der Waals surface area contributed by atoms with E-state index in [4.69, 9.17) is 4.74 Å². The number of ether oxygens (including phenoxy) is 1. The fourth-order valence-corrected chi connectivity index (χ4v) is 4.29. The number of rotatable bonds is 3. The molecule has 1 amide bonds. The zero-order chi connectivity index (χ0) is 16.7. The van der Waals surface area contributed by atoms with Crippen molar-refractivity contribution in [2.75, 3.05) is 14.2 Å². The zero-order valence-corrected chi connectivity index (χ0v) is 14.2. The van der Waals surface area contributed by atoms with Gasteiger partial charge in [-0.05, 0) is 44.9 Å². The van der Waals surface area contributed by atoms with Crippen LogP contribution in [0.15, 0.2) is 18.2 Å². The maximum absolute atomic E-state index is 12.7. The second-order valence-corrected chi connectivity index (χ2v) is 7.03. The molecule has 0 aliphatic carbocycles. The molecule has 2 aliphatic rings. The number of aromatic nitrogens is 2. The van der Waals surface area contributed by atoms with Crippen LogP contribution in [0, 0.1) is 0 Å². The van der Waals surface area contributed by atoms with E-state index in [9.17, 15) is 4.79 Å². The third kappa shape index (κ3) is 2.65. The molecule has 2 aromatic rings. The van der Waals surface area contributed by atoms with Gasteiger partial charge >= 0.3 is 0 Å². The van der Waals surface area contributed by atoms with Crippen LogP contribution in [-0.2, 0) is 0 Å². The Labute approximate surface area is 141 Å². The SMILES string of the molecule is COc1ccc2c(C(=O)NC3CC4CCCC(C3)N4C)n[nH]c2c1. The normalized spacial score (nSPS) is 27.2. The first-order chi connectivity index (χ1) is 11.7. The number of fused-ring (bicyclic) bond motifs is 3. The van der Waals surface area contributed by atoms with Crippen LogP contribution in [0.25, 0.3) is 10.9 Å². The molecular formula is C18H24N4O2. The topological polar surface area (TPSA) is 70.2 Å². The van der Waals surface area contributed by atoms with Crippen molar-refractivity contribution in [2.24, 2.45) is 0 Å². The lowest BCUT2D eigenvalue weighted by Crippen LogP contribution is -2.55. The summed E-state index contributed by atoms with van der Waals surface area (Å²) in [5.41, 5.74) is 1.29. The maximum Gasteiger partial charge on any atom is 0.272 e. The highest BCUT2D eigenvalue weighted by Crippen LogP contribution is 2.32. The summed E-state index contributed by atoms with van der Waals surface area (Å²) in [6.07, 6.45) is 5.87. The Morgan fingerprint density at radius 1 is 1.33 bits per heavy atom. The largest absolute Gasteiger partial charge is 0.497 e. The summed E-state index contributed by atoms with van der Waals surface area (Å²) in [7, 11) is 3.85. The van der Waals surface area contributed by atoms with Crippen LogP contribution in [0.4, 0.5) is 0 Å². The molecule has 4 rings (SSSR count). The van der Waals surface area contributed by atoms with Crippen molar-refractivity contribution in [3.63, 3.8) is 0 Å². The molecule has 1 aromatic heterocycles. The summed E-state index contributed by atoms with van der Waals surface area (Å²) < 4.78 is 5.21. The quantitative estimate of drug-likeness (QED) is 0.907. The van der Waals surface area contributed by atoms with E-state index in [1.54, 1.807) is 7.11 Å². The highest BCUT2D eigenvalue weighted by Gasteiger charge is 2.36. The maximum atomic E-state index is 12.7. The van der Waals surface area contributed by atoms with Crippen molar-refractivity contribution in [2.45, 2.75) is 50.2 Å². The van der Waals surface area contributed by atoms with E-state index in [2.05, 4.69) is 27.5 Å². The molecule has 1 aromatic carbocycles. The molecule has 2 aliphatic heterocycles. The van der Waals surface area contributed by atoms with E-state index in [0.717, 1.165) is 29.5 Å². The van der Waals surface area contributed by atoms with Crippen molar-refractivity contribution in [3.05, 3.63) is 23.9 Å². The molecule has 2 bridgehead atoms. The lowest BCUT2D eigenvalue weighted by molar-refractivity contribution is 0.0462.